The average Bonchev–Trinajstić information content (AvgIpc) is 2.30. The zero-order valence-corrected chi connectivity index (χ0v) is 11.4. The van der Waals surface area contributed by atoms with Crippen LogP contribution < -0.4 is 9.86 Å². The molecule has 21 heavy (non-hydrogen) atoms. The van der Waals surface area contributed by atoms with Crippen LogP contribution in [0.4, 0.5) is 13.2 Å². The standard InChI is InChI=1S/C11H12F3N3O3S/c12-9-3-6(1-2-8(9)10(13)14)11(18)17-4-7(5-17)16-21(15,19)20/h1-3,7,10,16H,4-5H2,(H2,15,19,20). The van der Waals surface area contributed by atoms with Gasteiger partial charge in [-0.3, -0.25) is 4.79 Å². The minimum Gasteiger partial charge on any atom is -0.335 e. The number of nitrogens with zero attached hydrogens (tertiary/aromatic N) is 1. The highest BCUT2D eigenvalue weighted by molar-refractivity contribution is 7.87. The molecule has 6 nitrogen and oxygen atoms in total. The van der Waals surface area contributed by atoms with Crippen LogP contribution in [-0.2, 0) is 10.2 Å². The molecule has 1 fully saturated rings. The lowest BCUT2D eigenvalue weighted by molar-refractivity contribution is 0.0591. The van der Waals surface area contributed by atoms with Crippen molar-refractivity contribution >= 4 is 16.1 Å². The molecular weight excluding hydrogens is 311 g/mol. The van der Waals surface area contributed by atoms with Gasteiger partial charge in [0, 0.05) is 18.7 Å². The number of hydrogen-bond donors (Lipinski definition) is 2. The van der Waals surface area contributed by atoms with E-state index in [9.17, 15) is 26.4 Å². The number of alkyl halides is 2. The third-order valence-electron chi connectivity index (χ3n) is 2.98. The van der Waals surface area contributed by atoms with Gasteiger partial charge in [-0.15, -0.1) is 0 Å². The maximum Gasteiger partial charge on any atom is 0.274 e. The van der Waals surface area contributed by atoms with Gasteiger partial charge in [0.25, 0.3) is 22.5 Å². The number of amides is 1. The highest BCUT2D eigenvalue weighted by Gasteiger charge is 2.33. The number of rotatable bonds is 4. The Kier molecular flexibility index (Phi) is 4.21. The minimum atomic E-state index is -3.85. The summed E-state index contributed by atoms with van der Waals surface area (Å²) in [4.78, 5) is 13.2. The van der Waals surface area contributed by atoms with Crippen LogP contribution in [-0.4, -0.2) is 38.4 Å². The summed E-state index contributed by atoms with van der Waals surface area (Å²) in [5.41, 5.74) is -0.852. The van der Waals surface area contributed by atoms with Gasteiger partial charge < -0.3 is 4.90 Å². The van der Waals surface area contributed by atoms with Crippen LogP contribution in [0.1, 0.15) is 22.3 Å². The lowest BCUT2D eigenvalue weighted by Gasteiger charge is -2.39. The van der Waals surface area contributed by atoms with Gasteiger partial charge in [-0.05, 0) is 18.2 Å². The maximum absolute atomic E-state index is 13.4. The smallest absolute Gasteiger partial charge is 0.274 e. The fraction of sp³-hybridized carbons (Fsp3) is 0.364. The molecule has 0 bridgehead atoms. The van der Waals surface area contributed by atoms with Crippen molar-refractivity contribution in [1.29, 1.82) is 0 Å². The summed E-state index contributed by atoms with van der Waals surface area (Å²) in [5.74, 6) is -1.72. The van der Waals surface area contributed by atoms with Crippen molar-refractivity contribution in [3.63, 3.8) is 0 Å². The number of benzene rings is 1. The lowest BCUT2D eigenvalue weighted by Crippen LogP contribution is -2.61. The zero-order chi connectivity index (χ0) is 15.8. The maximum atomic E-state index is 13.4. The van der Waals surface area contributed by atoms with E-state index in [1.807, 2.05) is 0 Å². The quantitative estimate of drug-likeness (QED) is 0.839. The van der Waals surface area contributed by atoms with Crippen LogP contribution in [0, 0.1) is 5.82 Å². The molecule has 1 heterocycles. The molecule has 0 unspecified atom stereocenters. The lowest BCUT2D eigenvalue weighted by atomic mass is 10.1. The first-order chi connectivity index (χ1) is 9.67. The van der Waals surface area contributed by atoms with Crippen molar-refractivity contribution < 1.29 is 26.4 Å². The summed E-state index contributed by atoms with van der Waals surface area (Å²) in [5, 5.41) is 4.78. The molecule has 0 aliphatic carbocycles. The largest absolute Gasteiger partial charge is 0.335 e. The summed E-state index contributed by atoms with van der Waals surface area (Å²) >= 11 is 0. The van der Waals surface area contributed by atoms with Crippen molar-refractivity contribution in [2.75, 3.05) is 13.1 Å². The molecule has 0 spiro atoms. The number of nitrogens with one attached hydrogen (secondary N) is 1. The molecular formula is C11H12F3N3O3S. The van der Waals surface area contributed by atoms with Crippen LogP contribution in [0.3, 0.4) is 0 Å². The molecule has 0 atom stereocenters. The van der Waals surface area contributed by atoms with E-state index in [0.717, 1.165) is 18.2 Å². The second-order valence-corrected chi connectivity index (χ2v) is 5.93. The number of hydrogen-bond acceptors (Lipinski definition) is 3. The Balaban J connectivity index is 2.01. The van der Waals surface area contributed by atoms with Gasteiger partial charge in [0.05, 0.1) is 11.6 Å². The molecule has 0 aromatic heterocycles. The molecule has 1 aliphatic heterocycles. The van der Waals surface area contributed by atoms with Gasteiger partial charge in [0.1, 0.15) is 5.82 Å². The summed E-state index contributed by atoms with van der Waals surface area (Å²) in [7, 11) is -3.85. The van der Waals surface area contributed by atoms with Gasteiger partial charge in [-0.1, -0.05) is 0 Å². The summed E-state index contributed by atoms with van der Waals surface area (Å²) in [6.45, 7) is 0.154. The molecule has 1 aliphatic rings. The fourth-order valence-corrected chi connectivity index (χ4v) is 2.58. The summed E-state index contributed by atoms with van der Waals surface area (Å²) < 4.78 is 61.8. The van der Waals surface area contributed by atoms with Crippen molar-refractivity contribution in [2.45, 2.75) is 12.5 Å². The van der Waals surface area contributed by atoms with Gasteiger partial charge in [0.15, 0.2) is 0 Å². The summed E-state index contributed by atoms with van der Waals surface area (Å²) in [6.07, 6.45) is -2.96. The molecule has 0 radical (unpaired) electrons. The number of carbonyl (C=O) groups is 1. The van der Waals surface area contributed by atoms with E-state index < -0.39 is 40.0 Å². The van der Waals surface area contributed by atoms with E-state index >= 15 is 0 Å². The Labute approximate surface area is 118 Å². The fourth-order valence-electron chi connectivity index (χ4n) is 1.97. The van der Waals surface area contributed by atoms with Gasteiger partial charge >= 0.3 is 0 Å². The number of halogens is 3. The predicted octanol–water partition coefficient (Wildman–Crippen LogP) is 0.381. The normalized spacial score (nSPS) is 16.1. The van der Waals surface area contributed by atoms with Gasteiger partial charge in [-0.2, -0.15) is 13.1 Å². The highest BCUT2D eigenvalue weighted by atomic mass is 32.2. The molecule has 1 aromatic rings. The van der Waals surface area contributed by atoms with Crippen molar-refractivity contribution in [1.82, 2.24) is 9.62 Å². The first-order valence-electron chi connectivity index (χ1n) is 5.84. The number of nitrogens with two attached hydrogens (primary N) is 1. The zero-order valence-electron chi connectivity index (χ0n) is 10.6. The van der Waals surface area contributed by atoms with Crippen LogP contribution in [0.25, 0.3) is 0 Å². The Morgan fingerprint density at radius 1 is 1.38 bits per heavy atom. The second kappa shape index (κ2) is 5.62. The Morgan fingerprint density at radius 2 is 2.00 bits per heavy atom. The Hall–Kier alpha value is -1.65. The molecule has 1 aromatic carbocycles. The first-order valence-corrected chi connectivity index (χ1v) is 7.39. The first kappa shape index (κ1) is 15.7. The van der Waals surface area contributed by atoms with Crippen molar-refractivity contribution in [3.8, 4) is 0 Å². The SMILES string of the molecule is NS(=O)(=O)NC1CN(C(=O)c2ccc(C(F)F)c(F)c2)C1. The molecule has 1 saturated heterocycles. The molecule has 116 valence electrons. The van der Waals surface area contributed by atoms with E-state index in [-0.39, 0.29) is 18.7 Å². The van der Waals surface area contributed by atoms with Crippen LogP contribution in [0.5, 0.6) is 0 Å². The second-order valence-electron chi connectivity index (χ2n) is 4.61. The predicted molar refractivity (Wildman–Crippen MR) is 67.3 cm³/mol. The number of carbonyl (C=O) groups excluding carboxylic acids is 1. The Bertz CT molecular complexity index is 660. The molecule has 0 saturated carbocycles. The van der Waals surface area contributed by atoms with E-state index in [0.29, 0.717) is 0 Å². The topological polar surface area (TPSA) is 92.5 Å². The highest BCUT2D eigenvalue weighted by Crippen LogP contribution is 2.23. The molecule has 1 amide bonds. The van der Waals surface area contributed by atoms with Crippen molar-refractivity contribution in [3.05, 3.63) is 35.1 Å². The van der Waals surface area contributed by atoms with E-state index in [1.54, 1.807) is 0 Å². The molecule has 3 N–H and O–H groups in total. The molecule has 2 rings (SSSR count). The van der Waals surface area contributed by atoms with Crippen LogP contribution in [0.2, 0.25) is 0 Å². The van der Waals surface area contributed by atoms with E-state index in [2.05, 4.69) is 4.72 Å². The minimum absolute atomic E-state index is 0.0769. The third-order valence-corrected chi connectivity index (χ3v) is 3.64. The van der Waals surface area contributed by atoms with Crippen molar-refractivity contribution in [2.24, 2.45) is 5.14 Å². The monoisotopic (exact) mass is 323 g/mol. The third kappa shape index (κ3) is 3.71. The van der Waals surface area contributed by atoms with E-state index in [4.69, 9.17) is 5.14 Å². The average molecular weight is 323 g/mol. The van der Waals surface area contributed by atoms with Crippen LogP contribution in [0.15, 0.2) is 18.2 Å². The molecule has 10 heteroatoms. The summed E-state index contributed by atoms with van der Waals surface area (Å²) in [6, 6.07) is 2.19. The van der Waals surface area contributed by atoms with Crippen LogP contribution >= 0.6 is 0 Å². The van der Waals surface area contributed by atoms with Gasteiger partial charge in [0.2, 0.25) is 0 Å². The Morgan fingerprint density at radius 3 is 2.48 bits per heavy atom. The number of likely N-dealkylation sites (tertiary alicyclic amines) is 1. The van der Waals surface area contributed by atoms with E-state index in [1.165, 1.54) is 4.90 Å². The van der Waals surface area contributed by atoms with Gasteiger partial charge in [-0.25, -0.2) is 18.3 Å².